The van der Waals surface area contributed by atoms with Crippen LogP contribution in [0.3, 0.4) is 0 Å². The molecule has 1 heterocycles. The van der Waals surface area contributed by atoms with Crippen LogP contribution in [0.5, 0.6) is 0 Å². The number of carbonyl (C=O) groups excluding carboxylic acids is 1. The minimum absolute atomic E-state index is 0.170. The fourth-order valence-corrected chi connectivity index (χ4v) is 5.19. The summed E-state index contributed by atoms with van der Waals surface area (Å²) in [5, 5.41) is 33.9. The lowest BCUT2D eigenvalue weighted by Gasteiger charge is -2.60. The number of ether oxygens (including phenoxy) is 1. The minimum Gasteiger partial charge on any atom is -0.458 e. The molecule has 2 aliphatic carbocycles. The van der Waals surface area contributed by atoms with Crippen LogP contribution in [0.25, 0.3) is 0 Å². The van der Waals surface area contributed by atoms with Gasteiger partial charge in [-0.05, 0) is 50.5 Å². The maximum atomic E-state index is 11.9. The Kier molecular flexibility index (Phi) is 4.87. The maximum absolute atomic E-state index is 11.9. The summed E-state index contributed by atoms with van der Waals surface area (Å²) in [4.78, 5) is 11.9. The Bertz CT molecular complexity index is 651. The van der Waals surface area contributed by atoms with Crippen LogP contribution in [0.1, 0.15) is 59.8 Å². The summed E-state index contributed by atoms with van der Waals surface area (Å²) >= 11 is 0. The van der Waals surface area contributed by atoms with E-state index in [-0.39, 0.29) is 17.8 Å². The van der Waals surface area contributed by atoms with Crippen LogP contribution >= 0.6 is 0 Å². The van der Waals surface area contributed by atoms with Gasteiger partial charge in [0, 0.05) is 16.9 Å². The number of aliphatic hydroxyl groups is 3. The van der Waals surface area contributed by atoms with Gasteiger partial charge in [0.1, 0.15) is 17.8 Å². The highest BCUT2D eigenvalue weighted by molar-refractivity contribution is 5.91. The molecular weight excluding hydrogens is 332 g/mol. The van der Waals surface area contributed by atoms with Gasteiger partial charge in [-0.15, -0.1) is 0 Å². The average Bonchev–Trinajstić information content (AvgIpc) is 2.88. The van der Waals surface area contributed by atoms with Gasteiger partial charge in [-0.25, -0.2) is 4.79 Å². The van der Waals surface area contributed by atoms with Crippen molar-refractivity contribution in [3.63, 3.8) is 0 Å². The van der Waals surface area contributed by atoms with Gasteiger partial charge < -0.3 is 20.1 Å². The van der Waals surface area contributed by atoms with Gasteiger partial charge in [0.05, 0.1) is 6.10 Å². The van der Waals surface area contributed by atoms with Crippen LogP contribution in [0.2, 0.25) is 0 Å². The Labute approximate surface area is 155 Å². The number of cyclic esters (lactones) is 1. The molecule has 3 rings (SSSR count). The van der Waals surface area contributed by atoms with Crippen molar-refractivity contribution in [1.29, 1.82) is 0 Å². The molecule has 1 unspecified atom stereocenters. The van der Waals surface area contributed by atoms with Crippen molar-refractivity contribution in [3.8, 4) is 0 Å². The molecule has 146 valence electrons. The molecule has 0 spiro atoms. The zero-order chi connectivity index (χ0) is 19.3. The summed E-state index contributed by atoms with van der Waals surface area (Å²) in [6, 6.07) is 0. The fraction of sp³-hybridized carbons (Fsp3) is 0.762. The summed E-state index contributed by atoms with van der Waals surface area (Å²) in [6.07, 6.45) is 5.48. The molecule has 0 aromatic carbocycles. The molecule has 5 atom stereocenters. The second-order valence-electron chi connectivity index (χ2n) is 9.07. The Morgan fingerprint density at radius 1 is 1.31 bits per heavy atom. The molecule has 0 saturated heterocycles. The van der Waals surface area contributed by atoms with Crippen LogP contribution in [0.15, 0.2) is 23.3 Å². The number of fused-ring (bicyclic) bond motifs is 1. The highest BCUT2D eigenvalue weighted by Crippen LogP contribution is 2.57. The van der Waals surface area contributed by atoms with Crippen molar-refractivity contribution >= 4 is 5.97 Å². The van der Waals surface area contributed by atoms with Gasteiger partial charge in [-0.3, -0.25) is 0 Å². The monoisotopic (exact) mass is 364 g/mol. The zero-order valence-electron chi connectivity index (χ0n) is 16.3. The van der Waals surface area contributed by atoms with E-state index < -0.39 is 22.7 Å². The fourth-order valence-electron chi connectivity index (χ4n) is 5.19. The summed E-state index contributed by atoms with van der Waals surface area (Å²) in [6.45, 7) is 8.21. The molecule has 0 bridgehead atoms. The summed E-state index contributed by atoms with van der Waals surface area (Å²) in [7, 11) is 0. The lowest BCUT2D eigenvalue weighted by atomic mass is 9.50. The first-order valence-corrected chi connectivity index (χ1v) is 9.74. The summed E-state index contributed by atoms with van der Waals surface area (Å²) in [5.74, 6) is -0.287. The standard InChI is InChI=1S/C21H32O5/c1-13(2)15-7-11-21(25)19(4,8-5-9-20(21,24)17(15)22)10-6-16-14(3)12-26-18(16)23/h7,11,13,15,17,22,24-25H,5-6,8-10,12H2,1-4H3/t15?,17-,19-,20-,21-/m1/s1. The average molecular weight is 364 g/mol. The van der Waals surface area contributed by atoms with Gasteiger partial charge in [0.15, 0.2) is 0 Å². The van der Waals surface area contributed by atoms with E-state index in [9.17, 15) is 20.1 Å². The molecule has 3 aliphatic rings. The second kappa shape index (κ2) is 6.47. The highest BCUT2D eigenvalue weighted by Gasteiger charge is 2.65. The zero-order valence-corrected chi connectivity index (χ0v) is 16.3. The van der Waals surface area contributed by atoms with E-state index >= 15 is 0 Å². The second-order valence-corrected chi connectivity index (χ2v) is 9.07. The van der Waals surface area contributed by atoms with E-state index in [0.29, 0.717) is 31.4 Å². The molecule has 0 radical (unpaired) electrons. The van der Waals surface area contributed by atoms with Gasteiger partial charge in [0.25, 0.3) is 0 Å². The first-order chi connectivity index (χ1) is 12.1. The predicted molar refractivity (Wildman–Crippen MR) is 98.2 cm³/mol. The third kappa shape index (κ3) is 2.67. The van der Waals surface area contributed by atoms with E-state index in [2.05, 4.69) is 0 Å². The molecule has 1 saturated carbocycles. The largest absolute Gasteiger partial charge is 0.458 e. The summed E-state index contributed by atoms with van der Waals surface area (Å²) in [5.41, 5.74) is -2.08. The molecule has 0 aromatic heterocycles. The molecule has 5 heteroatoms. The van der Waals surface area contributed by atoms with Crippen molar-refractivity contribution in [2.45, 2.75) is 77.1 Å². The third-order valence-electron chi connectivity index (χ3n) is 7.16. The third-order valence-corrected chi connectivity index (χ3v) is 7.16. The number of esters is 1. The SMILES string of the molecule is CC1=C(CC[C@@]2(C)CCC[C@@]3(O)[C@H](O)C(C(C)C)C=C[C@@]23O)C(=O)OC1. The van der Waals surface area contributed by atoms with Crippen LogP contribution in [-0.2, 0) is 9.53 Å². The van der Waals surface area contributed by atoms with Gasteiger partial charge in [-0.1, -0.05) is 32.9 Å². The topological polar surface area (TPSA) is 87.0 Å². The van der Waals surface area contributed by atoms with Crippen molar-refractivity contribution in [2.24, 2.45) is 17.3 Å². The molecule has 1 aliphatic heterocycles. The van der Waals surface area contributed by atoms with E-state index in [0.717, 1.165) is 18.4 Å². The molecule has 5 nitrogen and oxygen atoms in total. The number of aliphatic hydroxyl groups excluding tert-OH is 1. The van der Waals surface area contributed by atoms with Crippen LogP contribution in [0.4, 0.5) is 0 Å². The molecule has 0 aromatic rings. The smallest absolute Gasteiger partial charge is 0.334 e. The predicted octanol–water partition coefficient (Wildman–Crippen LogP) is 2.50. The first-order valence-electron chi connectivity index (χ1n) is 9.74. The lowest BCUT2D eigenvalue weighted by molar-refractivity contribution is -0.262. The van der Waals surface area contributed by atoms with Gasteiger partial charge >= 0.3 is 5.97 Å². The normalized spacial score (nSPS) is 43.0. The number of hydrogen-bond acceptors (Lipinski definition) is 5. The molecular formula is C21H32O5. The maximum Gasteiger partial charge on any atom is 0.334 e. The molecule has 3 N–H and O–H groups in total. The van der Waals surface area contributed by atoms with Gasteiger partial charge in [0.2, 0.25) is 0 Å². The van der Waals surface area contributed by atoms with Crippen molar-refractivity contribution < 1.29 is 24.9 Å². The first kappa shape index (κ1) is 19.6. The Morgan fingerprint density at radius 2 is 2.00 bits per heavy atom. The quantitative estimate of drug-likeness (QED) is 0.527. The van der Waals surface area contributed by atoms with E-state index in [1.54, 1.807) is 6.08 Å². The summed E-state index contributed by atoms with van der Waals surface area (Å²) < 4.78 is 5.08. The lowest BCUT2D eigenvalue weighted by Crippen LogP contribution is -2.72. The Balaban J connectivity index is 1.92. The number of rotatable bonds is 4. The van der Waals surface area contributed by atoms with Crippen molar-refractivity contribution in [1.82, 2.24) is 0 Å². The number of carbonyl (C=O) groups is 1. The van der Waals surface area contributed by atoms with Gasteiger partial charge in [-0.2, -0.15) is 0 Å². The van der Waals surface area contributed by atoms with E-state index in [1.807, 2.05) is 33.8 Å². The highest BCUT2D eigenvalue weighted by atomic mass is 16.5. The molecule has 1 fully saturated rings. The Morgan fingerprint density at radius 3 is 2.58 bits per heavy atom. The van der Waals surface area contributed by atoms with Crippen molar-refractivity contribution in [3.05, 3.63) is 23.3 Å². The number of hydrogen-bond donors (Lipinski definition) is 3. The Hall–Kier alpha value is -1.17. The van der Waals surface area contributed by atoms with Crippen molar-refractivity contribution in [2.75, 3.05) is 6.61 Å². The minimum atomic E-state index is -1.57. The van der Waals surface area contributed by atoms with E-state index in [1.165, 1.54) is 0 Å². The molecule has 0 amide bonds. The van der Waals surface area contributed by atoms with Crippen LogP contribution in [-0.4, -0.2) is 45.2 Å². The van der Waals surface area contributed by atoms with Crippen LogP contribution < -0.4 is 0 Å². The molecule has 26 heavy (non-hydrogen) atoms. The van der Waals surface area contributed by atoms with Crippen LogP contribution in [0, 0.1) is 17.3 Å². The van der Waals surface area contributed by atoms with E-state index in [4.69, 9.17) is 4.74 Å².